The van der Waals surface area contributed by atoms with Crippen LogP contribution < -0.4 is 10.2 Å². The third-order valence-electron chi connectivity index (χ3n) is 5.08. The molecule has 2 N–H and O–H groups in total. The van der Waals surface area contributed by atoms with Gasteiger partial charge in [-0.2, -0.15) is 0 Å². The Morgan fingerprint density at radius 2 is 1.93 bits per heavy atom. The van der Waals surface area contributed by atoms with Gasteiger partial charge < -0.3 is 15.3 Å². The Bertz CT molecular complexity index is 943. The summed E-state index contributed by atoms with van der Waals surface area (Å²) in [7, 11) is 0. The van der Waals surface area contributed by atoms with E-state index >= 15 is 0 Å². The number of piperidine rings is 1. The molecule has 1 atom stereocenters. The number of amides is 1. The van der Waals surface area contributed by atoms with E-state index in [1.54, 1.807) is 0 Å². The highest BCUT2D eigenvalue weighted by molar-refractivity contribution is 6.13. The van der Waals surface area contributed by atoms with Gasteiger partial charge in [0, 0.05) is 30.8 Å². The van der Waals surface area contributed by atoms with Crippen molar-refractivity contribution in [3.8, 4) is 0 Å². The minimum absolute atomic E-state index is 0.142. The van der Waals surface area contributed by atoms with Crippen molar-refractivity contribution in [3.05, 3.63) is 66.2 Å². The van der Waals surface area contributed by atoms with E-state index in [4.69, 9.17) is 4.98 Å². The smallest absolute Gasteiger partial charge is 0.256 e. The van der Waals surface area contributed by atoms with Crippen molar-refractivity contribution in [1.82, 2.24) is 4.98 Å². The number of carbonyl (C=O) groups excluding carboxylic acids is 1. The van der Waals surface area contributed by atoms with Crippen LogP contribution >= 0.6 is 0 Å². The number of aliphatic hydroxyl groups excluding tert-OH is 1. The van der Waals surface area contributed by atoms with E-state index in [0.29, 0.717) is 5.56 Å². The lowest BCUT2D eigenvalue weighted by Crippen LogP contribution is -2.37. The number of hydrogen-bond acceptors (Lipinski definition) is 4. The number of carbonyl (C=O) groups is 1. The molecule has 3 aromatic rings. The number of fused-ring (bicyclic) bond motifs is 1. The lowest BCUT2D eigenvalue weighted by atomic mass is 9.98. The van der Waals surface area contributed by atoms with Gasteiger partial charge in [0.25, 0.3) is 5.91 Å². The van der Waals surface area contributed by atoms with E-state index in [-0.39, 0.29) is 18.4 Å². The second kappa shape index (κ2) is 7.76. The summed E-state index contributed by atoms with van der Waals surface area (Å²) in [5.74, 6) is 0.912. The third kappa shape index (κ3) is 3.78. The van der Waals surface area contributed by atoms with Crippen LogP contribution in [0.4, 0.5) is 11.5 Å². The second-order valence-corrected chi connectivity index (χ2v) is 7.00. The van der Waals surface area contributed by atoms with E-state index in [1.165, 1.54) is 0 Å². The molecule has 2 heterocycles. The second-order valence-electron chi connectivity index (χ2n) is 7.00. The summed E-state index contributed by atoms with van der Waals surface area (Å²) in [5, 5.41) is 13.3. The van der Waals surface area contributed by atoms with E-state index in [0.717, 1.165) is 48.3 Å². The summed E-state index contributed by atoms with van der Waals surface area (Å²) in [4.78, 5) is 19.9. The molecule has 0 spiro atoms. The minimum Gasteiger partial charge on any atom is -0.396 e. The Hall–Kier alpha value is -2.92. The van der Waals surface area contributed by atoms with Crippen molar-refractivity contribution in [1.29, 1.82) is 0 Å². The van der Waals surface area contributed by atoms with Gasteiger partial charge in [0.15, 0.2) is 0 Å². The number of benzene rings is 2. The van der Waals surface area contributed by atoms with Crippen LogP contribution in [0.1, 0.15) is 23.2 Å². The number of hydrogen-bond donors (Lipinski definition) is 2. The van der Waals surface area contributed by atoms with Crippen molar-refractivity contribution in [2.75, 3.05) is 29.9 Å². The third-order valence-corrected chi connectivity index (χ3v) is 5.08. The molecular formula is C22H23N3O2. The maximum atomic E-state index is 13.0. The average molecular weight is 361 g/mol. The number of pyridine rings is 1. The summed E-state index contributed by atoms with van der Waals surface area (Å²) >= 11 is 0. The predicted molar refractivity (Wildman–Crippen MR) is 108 cm³/mol. The SMILES string of the molecule is O=C(Nc1ccccc1)c1cc(N2CCCC(CO)C2)nc2ccccc12. The maximum absolute atomic E-state index is 13.0. The Labute approximate surface area is 158 Å². The van der Waals surface area contributed by atoms with Gasteiger partial charge in [-0.25, -0.2) is 4.98 Å². The number of nitrogens with one attached hydrogen (secondary N) is 1. The topological polar surface area (TPSA) is 65.5 Å². The molecule has 1 aromatic heterocycles. The number of aromatic nitrogens is 1. The van der Waals surface area contributed by atoms with Crippen molar-refractivity contribution >= 4 is 28.3 Å². The number of para-hydroxylation sites is 2. The van der Waals surface area contributed by atoms with Gasteiger partial charge in [-0.1, -0.05) is 36.4 Å². The summed E-state index contributed by atoms with van der Waals surface area (Å²) in [6.45, 7) is 1.84. The number of anilines is 2. The molecule has 0 saturated carbocycles. The first-order valence-electron chi connectivity index (χ1n) is 9.36. The molecule has 1 aliphatic heterocycles. The first kappa shape index (κ1) is 17.5. The fourth-order valence-electron chi connectivity index (χ4n) is 3.65. The van der Waals surface area contributed by atoms with Gasteiger partial charge in [0.1, 0.15) is 5.82 Å². The van der Waals surface area contributed by atoms with Crippen LogP contribution in [0, 0.1) is 5.92 Å². The molecule has 5 nitrogen and oxygen atoms in total. The zero-order chi connectivity index (χ0) is 18.6. The van der Waals surface area contributed by atoms with Crippen LogP contribution in [0.2, 0.25) is 0 Å². The molecule has 5 heteroatoms. The quantitative estimate of drug-likeness (QED) is 0.744. The first-order chi connectivity index (χ1) is 13.2. The largest absolute Gasteiger partial charge is 0.396 e. The molecule has 1 saturated heterocycles. The zero-order valence-corrected chi connectivity index (χ0v) is 15.1. The van der Waals surface area contributed by atoms with Gasteiger partial charge in [-0.15, -0.1) is 0 Å². The monoisotopic (exact) mass is 361 g/mol. The Morgan fingerprint density at radius 3 is 2.74 bits per heavy atom. The molecule has 1 amide bonds. The molecule has 1 fully saturated rings. The predicted octanol–water partition coefficient (Wildman–Crippen LogP) is 3.70. The van der Waals surface area contributed by atoms with Crippen molar-refractivity contribution in [3.63, 3.8) is 0 Å². The fourth-order valence-corrected chi connectivity index (χ4v) is 3.65. The van der Waals surface area contributed by atoms with Gasteiger partial charge in [0.2, 0.25) is 0 Å². The fraction of sp³-hybridized carbons (Fsp3) is 0.273. The van der Waals surface area contributed by atoms with Gasteiger partial charge in [-0.3, -0.25) is 4.79 Å². The number of aliphatic hydroxyl groups is 1. The van der Waals surface area contributed by atoms with Crippen LogP contribution in [-0.4, -0.2) is 35.7 Å². The molecule has 1 aliphatic rings. The van der Waals surface area contributed by atoms with E-state index < -0.39 is 0 Å². The zero-order valence-electron chi connectivity index (χ0n) is 15.1. The van der Waals surface area contributed by atoms with Crippen LogP contribution in [0.5, 0.6) is 0 Å². The highest BCUT2D eigenvalue weighted by atomic mass is 16.3. The van der Waals surface area contributed by atoms with Gasteiger partial charge >= 0.3 is 0 Å². The van der Waals surface area contributed by atoms with E-state index in [2.05, 4.69) is 10.2 Å². The Balaban J connectivity index is 1.71. The summed E-state index contributed by atoms with van der Waals surface area (Å²) < 4.78 is 0. The maximum Gasteiger partial charge on any atom is 0.256 e. The summed E-state index contributed by atoms with van der Waals surface area (Å²) in [6.07, 6.45) is 2.05. The molecule has 2 aromatic carbocycles. The van der Waals surface area contributed by atoms with Crippen LogP contribution in [0.25, 0.3) is 10.9 Å². The van der Waals surface area contributed by atoms with Crippen LogP contribution in [0.3, 0.4) is 0 Å². The van der Waals surface area contributed by atoms with E-state index in [9.17, 15) is 9.90 Å². The number of nitrogens with zero attached hydrogens (tertiary/aromatic N) is 2. The summed E-state index contributed by atoms with van der Waals surface area (Å²) in [6, 6.07) is 19.1. The standard InChI is InChI=1S/C22H23N3O2/c26-15-16-7-6-12-25(14-16)21-13-19(18-10-4-5-11-20(18)24-21)22(27)23-17-8-2-1-3-9-17/h1-5,8-11,13,16,26H,6-7,12,14-15H2,(H,23,27). The lowest BCUT2D eigenvalue weighted by molar-refractivity contribution is 0.102. The minimum atomic E-state index is -0.142. The highest BCUT2D eigenvalue weighted by Crippen LogP contribution is 2.27. The van der Waals surface area contributed by atoms with Crippen molar-refractivity contribution in [2.24, 2.45) is 5.92 Å². The van der Waals surface area contributed by atoms with E-state index in [1.807, 2.05) is 60.7 Å². The van der Waals surface area contributed by atoms with Gasteiger partial charge in [0.05, 0.1) is 11.1 Å². The first-order valence-corrected chi connectivity index (χ1v) is 9.36. The molecule has 4 rings (SSSR count). The average Bonchev–Trinajstić information content (AvgIpc) is 2.73. The Kier molecular flexibility index (Phi) is 5.03. The lowest BCUT2D eigenvalue weighted by Gasteiger charge is -2.33. The van der Waals surface area contributed by atoms with Gasteiger partial charge in [-0.05, 0) is 43.0 Å². The molecular weight excluding hydrogens is 338 g/mol. The molecule has 27 heavy (non-hydrogen) atoms. The molecule has 1 unspecified atom stereocenters. The summed E-state index contributed by atoms with van der Waals surface area (Å²) in [5.41, 5.74) is 2.19. The molecule has 0 radical (unpaired) electrons. The molecule has 0 bridgehead atoms. The number of rotatable bonds is 4. The van der Waals surface area contributed by atoms with Crippen molar-refractivity contribution in [2.45, 2.75) is 12.8 Å². The normalized spacial score (nSPS) is 17.1. The Morgan fingerprint density at radius 1 is 1.15 bits per heavy atom. The molecule has 0 aliphatic carbocycles. The molecule has 138 valence electrons. The highest BCUT2D eigenvalue weighted by Gasteiger charge is 2.22. The van der Waals surface area contributed by atoms with Crippen molar-refractivity contribution < 1.29 is 9.90 Å². The van der Waals surface area contributed by atoms with Crippen LogP contribution in [0.15, 0.2) is 60.7 Å². The van der Waals surface area contributed by atoms with Crippen LogP contribution in [-0.2, 0) is 0 Å².